The van der Waals surface area contributed by atoms with Crippen molar-refractivity contribution in [3.05, 3.63) is 62.3 Å². The molecule has 0 atom stereocenters. The Hall–Kier alpha value is -1.39. The number of carbonyl (C=O) groups is 1. The summed E-state index contributed by atoms with van der Waals surface area (Å²) in [6.07, 6.45) is 1.77. The Kier molecular flexibility index (Phi) is 4.00. The standard InChI is InChI=1S/C16H12BrClFNO/c17-12-7-6-11(15(19)14(12)18)16(21)10-3-1-5-13-9(10)4-2-8-20-13/h1,3,5-7,20H,2,4,8H2. The summed E-state index contributed by atoms with van der Waals surface area (Å²) in [4.78, 5) is 12.7. The van der Waals surface area contributed by atoms with Crippen LogP contribution in [-0.4, -0.2) is 12.3 Å². The number of fused-ring (bicyclic) bond motifs is 1. The van der Waals surface area contributed by atoms with Gasteiger partial charge >= 0.3 is 0 Å². The van der Waals surface area contributed by atoms with Gasteiger partial charge in [0.05, 0.1) is 10.6 Å². The highest BCUT2D eigenvalue weighted by molar-refractivity contribution is 9.10. The maximum atomic E-state index is 14.2. The molecule has 0 bridgehead atoms. The lowest BCUT2D eigenvalue weighted by atomic mass is 9.92. The van der Waals surface area contributed by atoms with Crippen LogP contribution in [0.2, 0.25) is 5.02 Å². The molecular weight excluding hydrogens is 357 g/mol. The number of benzene rings is 2. The van der Waals surface area contributed by atoms with E-state index in [1.165, 1.54) is 6.07 Å². The minimum Gasteiger partial charge on any atom is -0.385 e. The van der Waals surface area contributed by atoms with Crippen molar-refractivity contribution in [2.75, 3.05) is 11.9 Å². The summed E-state index contributed by atoms with van der Waals surface area (Å²) in [6.45, 7) is 0.892. The molecule has 5 heteroatoms. The van der Waals surface area contributed by atoms with Gasteiger partial charge in [-0.2, -0.15) is 0 Å². The fourth-order valence-corrected chi connectivity index (χ4v) is 3.04. The van der Waals surface area contributed by atoms with Gasteiger partial charge in [-0.3, -0.25) is 4.79 Å². The number of halogens is 3. The van der Waals surface area contributed by atoms with E-state index in [1.807, 2.05) is 12.1 Å². The second-order valence-corrected chi connectivity index (χ2v) is 6.15. The minimum atomic E-state index is -0.683. The highest BCUT2D eigenvalue weighted by atomic mass is 79.9. The molecule has 0 radical (unpaired) electrons. The summed E-state index contributed by atoms with van der Waals surface area (Å²) in [6, 6.07) is 8.54. The molecule has 21 heavy (non-hydrogen) atoms. The third-order valence-electron chi connectivity index (χ3n) is 3.62. The average molecular weight is 369 g/mol. The summed E-state index contributed by atoms with van der Waals surface area (Å²) in [5.41, 5.74) is 2.45. The van der Waals surface area contributed by atoms with Gasteiger partial charge in [-0.15, -0.1) is 0 Å². The number of ketones is 1. The molecule has 0 unspecified atom stereocenters. The van der Waals surface area contributed by atoms with Gasteiger partial charge < -0.3 is 5.32 Å². The van der Waals surface area contributed by atoms with Crippen LogP contribution in [0.3, 0.4) is 0 Å². The van der Waals surface area contributed by atoms with Gasteiger partial charge in [0.2, 0.25) is 0 Å². The van der Waals surface area contributed by atoms with Gasteiger partial charge in [0.1, 0.15) is 0 Å². The Morgan fingerprint density at radius 2 is 2.05 bits per heavy atom. The zero-order valence-electron chi connectivity index (χ0n) is 11.1. The van der Waals surface area contributed by atoms with Gasteiger partial charge in [-0.1, -0.05) is 23.7 Å². The second-order valence-electron chi connectivity index (χ2n) is 4.91. The largest absolute Gasteiger partial charge is 0.385 e. The summed E-state index contributed by atoms with van der Waals surface area (Å²) in [5, 5.41) is 3.20. The van der Waals surface area contributed by atoms with Crippen molar-refractivity contribution in [3.8, 4) is 0 Å². The van der Waals surface area contributed by atoms with Crippen molar-refractivity contribution < 1.29 is 9.18 Å². The first-order chi connectivity index (χ1) is 10.1. The Morgan fingerprint density at radius 3 is 2.86 bits per heavy atom. The van der Waals surface area contributed by atoms with Crippen molar-refractivity contribution in [1.29, 1.82) is 0 Å². The van der Waals surface area contributed by atoms with E-state index in [9.17, 15) is 9.18 Å². The minimum absolute atomic E-state index is 0.00201. The second kappa shape index (κ2) is 5.78. The third kappa shape index (κ3) is 2.58. The van der Waals surface area contributed by atoms with Crippen LogP contribution in [0.1, 0.15) is 27.9 Å². The summed E-state index contributed by atoms with van der Waals surface area (Å²) in [5.74, 6) is -1.01. The molecule has 0 amide bonds. The Bertz CT molecular complexity index is 732. The average Bonchev–Trinajstić information content (AvgIpc) is 2.51. The molecule has 0 fully saturated rings. The topological polar surface area (TPSA) is 29.1 Å². The lowest BCUT2D eigenvalue weighted by Crippen LogP contribution is -2.16. The normalized spacial score (nSPS) is 13.5. The first-order valence-electron chi connectivity index (χ1n) is 6.63. The molecule has 2 nitrogen and oxygen atoms in total. The van der Waals surface area contributed by atoms with E-state index in [0.29, 0.717) is 10.0 Å². The van der Waals surface area contributed by atoms with Crippen molar-refractivity contribution in [2.45, 2.75) is 12.8 Å². The van der Waals surface area contributed by atoms with Crippen LogP contribution in [0.4, 0.5) is 10.1 Å². The summed E-state index contributed by atoms with van der Waals surface area (Å²) < 4.78 is 14.7. The van der Waals surface area contributed by atoms with Crippen LogP contribution in [0, 0.1) is 5.82 Å². The SMILES string of the molecule is O=C(c1ccc(Br)c(Cl)c1F)c1cccc2c1CCCN2. The first-order valence-corrected chi connectivity index (χ1v) is 7.80. The van der Waals surface area contributed by atoms with E-state index in [0.717, 1.165) is 30.6 Å². The van der Waals surface area contributed by atoms with Crippen molar-refractivity contribution in [2.24, 2.45) is 0 Å². The maximum Gasteiger partial charge on any atom is 0.196 e. The Balaban J connectivity index is 2.10. The molecule has 2 aromatic rings. The van der Waals surface area contributed by atoms with Crippen LogP contribution >= 0.6 is 27.5 Å². The van der Waals surface area contributed by atoms with Crippen molar-refractivity contribution >= 4 is 39.0 Å². The first kappa shape index (κ1) is 14.5. The lowest BCUT2D eigenvalue weighted by molar-refractivity contribution is 0.103. The van der Waals surface area contributed by atoms with E-state index < -0.39 is 5.82 Å². The predicted molar refractivity (Wildman–Crippen MR) is 85.8 cm³/mol. The molecule has 1 aliphatic heterocycles. The highest BCUT2D eigenvalue weighted by Crippen LogP contribution is 2.31. The van der Waals surface area contributed by atoms with Crippen LogP contribution < -0.4 is 5.32 Å². The molecule has 0 spiro atoms. The number of hydrogen-bond acceptors (Lipinski definition) is 2. The molecule has 1 aliphatic rings. The fourth-order valence-electron chi connectivity index (χ4n) is 2.57. The third-order valence-corrected chi connectivity index (χ3v) is 4.88. The molecule has 108 valence electrons. The Labute approximate surface area is 135 Å². The van der Waals surface area contributed by atoms with Gasteiger partial charge in [0, 0.05) is 22.3 Å². The number of carbonyl (C=O) groups excluding carboxylic acids is 1. The molecule has 0 saturated heterocycles. The molecule has 0 aliphatic carbocycles. The summed E-state index contributed by atoms with van der Waals surface area (Å²) in [7, 11) is 0. The van der Waals surface area contributed by atoms with Crippen molar-refractivity contribution in [1.82, 2.24) is 0 Å². The van der Waals surface area contributed by atoms with E-state index in [4.69, 9.17) is 11.6 Å². The zero-order chi connectivity index (χ0) is 15.0. The smallest absolute Gasteiger partial charge is 0.196 e. The molecular formula is C16H12BrClFNO. The van der Waals surface area contributed by atoms with Crippen LogP contribution in [0.15, 0.2) is 34.8 Å². The van der Waals surface area contributed by atoms with Gasteiger partial charge in [0.15, 0.2) is 11.6 Å². The van der Waals surface area contributed by atoms with E-state index in [2.05, 4.69) is 21.2 Å². The Morgan fingerprint density at radius 1 is 1.24 bits per heavy atom. The van der Waals surface area contributed by atoms with E-state index >= 15 is 0 Å². The molecule has 0 saturated carbocycles. The van der Waals surface area contributed by atoms with E-state index in [-0.39, 0.29) is 16.4 Å². The number of rotatable bonds is 2. The van der Waals surface area contributed by atoms with Crippen LogP contribution in [-0.2, 0) is 6.42 Å². The van der Waals surface area contributed by atoms with E-state index in [1.54, 1.807) is 12.1 Å². The molecule has 3 rings (SSSR count). The monoisotopic (exact) mass is 367 g/mol. The summed E-state index contributed by atoms with van der Waals surface area (Å²) >= 11 is 9.02. The van der Waals surface area contributed by atoms with Crippen LogP contribution in [0.5, 0.6) is 0 Å². The number of anilines is 1. The molecule has 0 aromatic heterocycles. The molecule has 2 aromatic carbocycles. The predicted octanol–water partition coefficient (Wildman–Crippen LogP) is 4.83. The highest BCUT2D eigenvalue weighted by Gasteiger charge is 2.22. The van der Waals surface area contributed by atoms with Gasteiger partial charge in [-0.05, 0) is 52.5 Å². The molecule has 1 N–H and O–H groups in total. The van der Waals surface area contributed by atoms with Gasteiger partial charge in [-0.25, -0.2) is 4.39 Å². The maximum absolute atomic E-state index is 14.2. The lowest BCUT2D eigenvalue weighted by Gasteiger charge is -2.20. The van der Waals surface area contributed by atoms with Crippen LogP contribution in [0.25, 0.3) is 0 Å². The number of nitrogens with one attached hydrogen (secondary N) is 1. The fraction of sp³-hybridized carbons (Fsp3) is 0.188. The quantitative estimate of drug-likeness (QED) is 0.607. The molecule has 1 heterocycles. The van der Waals surface area contributed by atoms with Gasteiger partial charge in [0.25, 0.3) is 0 Å². The van der Waals surface area contributed by atoms with Crippen molar-refractivity contribution in [3.63, 3.8) is 0 Å². The zero-order valence-corrected chi connectivity index (χ0v) is 13.4. The number of hydrogen-bond donors (Lipinski definition) is 1.